The third kappa shape index (κ3) is 3.60. The van der Waals surface area contributed by atoms with Gasteiger partial charge in [0.25, 0.3) is 11.5 Å². The standard InChI is InChI=1S/C17H19N5O3/c1-2-3-6-17(20-21-17)7-4-14(23)22-8-5-13-11(10-22)9-12(15(18)24)16(25)19-13/h1,9H,3-8,10H2,(H2,18,24)(H,19,25). The van der Waals surface area contributed by atoms with E-state index in [0.29, 0.717) is 45.2 Å². The zero-order valence-corrected chi connectivity index (χ0v) is 13.7. The summed E-state index contributed by atoms with van der Waals surface area (Å²) in [5.41, 5.74) is 5.66. The summed E-state index contributed by atoms with van der Waals surface area (Å²) < 4.78 is 0. The Labute approximate surface area is 144 Å². The summed E-state index contributed by atoms with van der Waals surface area (Å²) in [7, 11) is 0. The summed E-state index contributed by atoms with van der Waals surface area (Å²) >= 11 is 0. The van der Waals surface area contributed by atoms with E-state index < -0.39 is 17.1 Å². The molecule has 0 radical (unpaired) electrons. The summed E-state index contributed by atoms with van der Waals surface area (Å²) in [4.78, 5) is 40.0. The van der Waals surface area contributed by atoms with Crippen LogP contribution >= 0.6 is 0 Å². The molecule has 1 aromatic rings. The number of hydrogen-bond acceptors (Lipinski definition) is 5. The molecule has 0 aromatic carbocycles. The van der Waals surface area contributed by atoms with Crippen LogP contribution in [0.15, 0.2) is 21.1 Å². The van der Waals surface area contributed by atoms with Gasteiger partial charge in [0.05, 0.1) is 0 Å². The van der Waals surface area contributed by atoms with Gasteiger partial charge in [0.1, 0.15) is 5.56 Å². The lowest BCUT2D eigenvalue weighted by molar-refractivity contribution is -0.132. The molecule has 1 aromatic heterocycles. The van der Waals surface area contributed by atoms with Crippen molar-refractivity contribution in [2.24, 2.45) is 16.0 Å². The van der Waals surface area contributed by atoms with Crippen LogP contribution in [-0.2, 0) is 17.8 Å². The lowest BCUT2D eigenvalue weighted by Gasteiger charge is -2.29. The van der Waals surface area contributed by atoms with Crippen LogP contribution in [0.1, 0.15) is 47.3 Å². The maximum absolute atomic E-state index is 12.5. The third-order valence-electron chi connectivity index (χ3n) is 4.62. The van der Waals surface area contributed by atoms with Gasteiger partial charge in [-0.1, -0.05) is 0 Å². The minimum atomic E-state index is -0.778. The molecule has 0 aliphatic carbocycles. The maximum atomic E-state index is 12.5. The van der Waals surface area contributed by atoms with Crippen molar-refractivity contribution in [3.63, 3.8) is 0 Å². The number of nitrogens with one attached hydrogen (secondary N) is 1. The molecule has 130 valence electrons. The molecule has 0 saturated carbocycles. The third-order valence-corrected chi connectivity index (χ3v) is 4.62. The highest BCUT2D eigenvalue weighted by molar-refractivity contribution is 5.92. The average Bonchev–Trinajstić information content (AvgIpc) is 3.37. The van der Waals surface area contributed by atoms with Crippen molar-refractivity contribution < 1.29 is 9.59 Å². The Bertz CT molecular complexity index is 843. The van der Waals surface area contributed by atoms with E-state index in [-0.39, 0.29) is 11.5 Å². The van der Waals surface area contributed by atoms with Gasteiger partial charge >= 0.3 is 0 Å². The largest absolute Gasteiger partial charge is 0.365 e. The van der Waals surface area contributed by atoms with Gasteiger partial charge in [-0.2, -0.15) is 10.2 Å². The predicted molar refractivity (Wildman–Crippen MR) is 89.6 cm³/mol. The molecule has 8 nitrogen and oxygen atoms in total. The van der Waals surface area contributed by atoms with Crippen molar-refractivity contribution in [2.75, 3.05) is 6.54 Å². The molecule has 3 heterocycles. The second kappa shape index (κ2) is 6.51. The fourth-order valence-electron chi connectivity index (χ4n) is 3.04. The molecule has 2 amide bonds. The highest BCUT2D eigenvalue weighted by Gasteiger charge is 2.39. The topological polar surface area (TPSA) is 121 Å². The molecule has 8 heteroatoms. The molecule has 0 fully saturated rings. The lowest BCUT2D eigenvalue weighted by Crippen LogP contribution is -2.38. The van der Waals surface area contributed by atoms with Gasteiger partial charge in [-0.15, -0.1) is 12.3 Å². The first-order chi connectivity index (χ1) is 11.9. The Hall–Kier alpha value is -2.95. The number of pyridine rings is 1. The Balaban J connectivity index is 1.63. The zero-order chi connectivity index (χ0) is 18.0. The first-order valence-corrected chi connectivity index (χ1v) is 8.14. The number of carbonyl (C=O) groups is 2. The smallest absolute Gasteiger partial charge is 0.261 e. The number of aromatic nitrogens is 1. The predicted octanol–water partition coefficient (Wildman–Crippen LogP) is 0.714. The molecule has 0 spiro atoms. The minimum absolute atomic E-state index is 0.00476. The van der Waals surface area contributed by atoms with Crippen molar-refractivity contribution in [1.82, 2.24) is 9.88 Å². The minimum Gasteiger partial charge on any atom is -0.365 e. The first kappa shape index (κ1) is 16.9. The fourth-order valence-corrected chi connectivity index (χ4v) is 3.04. The van der Waals surface area contributed by atoms with Gasteiger partial charge in [0.2, 0.25) is 5.91 Å². The number of nitrogens with two attached hydrogens (primary N) is 1. The van der Waals surface area contributed by atoms with Crippen LogP contribution in [0.25, 0.3) is 0 Å². The number of H-pyrrole nitrogens is 1. The van der Waals surface area contributed by atoms with Crippen molar-refractivity contribution in [2.45, 2.75) is 44.3 Å². The number of primary amides is 1. The van der Waals surface area contributed by atoms with E-state index in [1.165, 1.54) is 6.07 Å². The Morgan fingerprint density at radius 1 is 1.40 bits per heavy atom. The molecule has 0 bridgehead atoms. The normalized spacial score (nSPS) is 16.8. The van der Waals surface area contributed by atoms with Crippen molar-refractivity contribution >= 4 is 11.8 Å². The van der Waals surface area contributed by atoms with E-state index >= 15 is 0 Å². The van der Waals surface area contributed by atoms with Crippen molar-refractivity contribution in [3.8, 4) is 12.3 Å². The van der Waals surface area contributed by atoms with E-state index in [9.17, 15) is 14.4 Å². The summed E-state index contributed by atoms with van der Waals surface area (Å²) in [5, 5.41) is 8.07. The number of aromatic amines is 1. The van der Waals surface area contributed by atoms with Gasteiger partial charge in [0.15, 0.2) is 5.66 Å². The van der Waals surface area contributed by atoms with E-state index in [1.807, 2.05) is 0 Å². The fraction of sp³-hybridized carbons (Fsp3) is 0.471. The van der Waals surface area contributed by atoms with Crippen LogP contribution in [-0.4, -0.2) is 33.9 Å². The Morgan fingerprint density at radius 2 is 2.16 bits per heavy atom. The molecular weight excluding hydrogens is 322 g/mol. The van der Waals surface area contributed by atoms with Crippen LogP contribution in [0.2, 0.25) is 0 Å². The molecular formula is C17H19N5O3. The summed E-state index contributed by atoms with van der Waals surface area (Å²) in [6.07, 6.45) is 7.93. The van der Waals surface area contributed by atoms with Gasteiger partial charge in [-0.05, 0) is 11.6 Å². The zero-order valence-electron chi connectivity index (χ0n) is 13.7. The number of rotatable bonds is 6. The molecule has 25 heavy (non-hydrogen) atoms. The molecule has 3 N–H and O–H groups in total. The highest BCUT2D eigenvalue weighted by Crippen LogP contribution is 2.37. The van der Waals surface area contributed by atoms with Crippen LogP contribution in [0.4, 0.5) is 0 Å². The first-order valence-electron chi connectivity index (χ1n) is 8.14. The van der Waals surface area contributed by atoms with Crippen LogP contribution in [0.3, 0.4) is 0 Å². The van der Waals surface area contributed by atoms with Crippen LogP contribution < -0.4 is 11.3 Å². The number of hydrogen-bond donors (Lipinski definition) is 2. The van der Waals surface area contributed by atoms with Gasteiger partial charge in [-0.3, -0.25) is 14.4 Å². The maximum Gasteiger partial charge on any atom is 0.261 e. The quantitative estimate of drug-likeness (QED) is 0.741. The van der Waals surface area contributed by atoms with E-state index in [2.05, 4.69) is 21.1 Å². The second-order valence-electron chi connectivity index (χ2n) is 6.33. The van der Waals surface area contributed by atoms with Gasteiger partial charge < -0.3 is 15.6 Å². The van der Waals surface area contributed by atoms with Crippen LogP contribution in [0, 0.1) is 12.3 Å². The number of terminal acetylenes is 1. The molecule has 0 unspecified atom stereocenters. The number of nitrogens with zero attached hydrogens (tertiary/aromatic N) is 3. The van der Waals surface area contributed by atoms with Crippen molar-refractivity contribution in [1.29, 1.82) is 0 Å². The number of fused-ring (bicyclic) bond motifs is 1. The van der Waals surface area contributed by atoms with Gasteiger partial charge in [-0.25, -0.2) is 0 Å². The average molecular weight is 341 g/mol. The van der Waals surface area contributed by atoms with E-state index in [4.69, 9.17) is 12.2 Å². The highest BCUT2D eigenvalue weighted by atomic mass is 16.2. The van der Waals surface area contributed by atoms with E-state index in [1.54, 1.807) is 4.90 Å². The molecule has 3 rings (SSSR count). The monoisotopic (exact) mass is 341 g/mol. The number of amides is 2. The summed E-state index contributed by atoms with van der Waals surface area (Å²) in [6.45, 7) is 0.861. The SMILES string of the molecule is C#CCCC1(CCC(=O)N2CCc3[nH]c(=O)c(C(N)=O)cc3C2)N=N1. The molecule has 0 atom stereocenters. The van der Waals surface area contributed by atoms with Gasteiger partial charge in [0, 0.05) is 50.9 Å². The van der Waals surface area contributed by atoms with E-state index in [0.717, 1.165) is 11.3 Å². The Morgan fingerprint density at radius 3 is 2.80 bits per heavy atom. The van der Waals surface area contributed by atoms with Crippen molar-refractivity contribution in [3.05, 3.63) is 33.2 Å². The summed E-state index contributed by atoms with van der Waals surface area (Å²) in [5.74, 6) is 1.78. The number of carbonyl (C=O) groups excluding carboxylic acids is 2. The molecule has 2 aliphatic heterocycles. The summed E-state index contributed by atoms with van der Waals surface area (Å²) in [6, 6.07) is 1.48. The van der Waals surface area contributed by atoms with Crippen LogP contribution in [0.5, 0.6) is 0 Å². The molecule has 2 aliphatic rings. The lowest BCUT2D eigenvalue weighted by atomic mass is 10.00. The Kier molecular flexibility index (Phi) is 4.40. The second-order valence-corrected chi connectivity index (χ2v) is 6.33. The molecule has 0 saturated heterocycles.